The minimum Gasteiger partial charge on any atom is -0.497 e. The molecule has 3 rings (SSSR count). The van der Waals surface area contributed by atoms with Crippen LogP contribution in [0.4, 0.5) is 5.69 Å². The number of anilines is 1. The number of hydrogen-bond acceptors (Lipinski definition) is 3. The van der Waals surface area contributed by atoms with E-state index in [9.17, 15) is 0 Å². The van der Waals surface area contributed by atoms with Crippen molar-refractivity contribution in [1.29, 1.82) is 0 Å². The van der Waals surface area contributed by atoms with Crippen molar-refractivity contribution in [3.8, 4) is 5.75 Å². The Morgan fingerprint density at radius 3 is 2.45 bits per heavy atom. The molecule has 0 aromatic heterocycles. The lowest BCUT2D eigenvalue weighted by molar-refractivity contribution is 0.415. The number of thioether (sulfide) groups is 1. The van der Waals surface area contributed by atoms with E-state index in [1.807, 2.05) is 12.1 Å². The highest BCUT2D eigenvalue weighted by molar-refractivity contribution is 8.03. The van der Waals surface area contributed by atoms with Gasteiger partial charge in [0.15, 0.2) is 0 Å². The van der Waals surface area contributed by atoms with Crippen molar-refractivity contribution in [3.05, 3.63) is 65.2 Å². The van der Waals surface area contributed by atoms with Crippen LogP contribution in [0.5, 0.6) is 5.75 Å². The maximum Gasteiger partial charge on any atom is 0.118 e. The number of rotatable bonds is 4. The molecule has 0 atom stereocenters. The molecule has 0 spiro atoms. The predicted octanol–water partition coefficient (Wildman–Crippen LogP) is 5.27. The van der Waals surface area contributed by atoms with E-state index >= 15 is 0 Å². The summed E-state index contributed by atoms with van der Waals surface area (Å²) >= 11 is 1.75. The third-order valence-corrected chi connectivity index (χ3v) is 4.71. The minimum atomic E-state index is 0.879. The zero-order valence-electron chi connectivity index (χ0n) is 12.9. The third kappa shape index (κ3) is 2.90. The number of hydrogen-bond donors (Lipinski definition) is 0. The van der Waals surface area contributed by atoms with Gasteiger partial charge in [0, 0.05) is 11.4 Å². The van der Waals surface area contributed by atoms with Gasteiger partial charge in [-0.3, -0.25) is 0 Å². The molecule has 2 aromatic carbocycles. The first-order valence-electron chi connectivity index (χ1n) is 7.31. The zero-order chi connectivity index (χ0) is 15.5. The second-order valence-corrected chi connectivity index (χ2v) is 6.19. The van der Waals surface area contributed by atoms with E-state index in [2.05, 4.69) is 60.9 Å². The van der Waals surface area contributed by atoms with Crippen molar-refractivity contribution in [2.24, 2.45) is 0 Å². The molecule has 22 heavy (non-hydrogen) atoms. The predicted molar refractivity (Wildman–Crippen MR) is 96.4 cm³/mol. The van der Waals surface area contributed by atoms with Gasteiger partial charge in [-0.15, -0.1) is 0 Å². The van der Waals surface area contributed by atoms with Crippen molar-refractivity contribution in [3.63, 3.8) is 0 Å². The Morgan fingerprint density at radius 2 is 1.77 bits per heavy atom. The van der Waals surface area contributed by atoms with Crippen LogP contribution in [0.1, 0.15) is 18.1 Å². The molecule has 2 aromatic rings. The molecule has 3 heteroatoms. The topological polar surface area (TPSA) is 12.5 Å². The first kappa shape index (κ1) is 14.8. The quantitative estimate of drug-likeness (QED) is 0.714. The van der Waals surface area contributed by atoms with E-state index in [1.165, 1.54) is 16.1 Å². The lowest BCUT2D eigenvalue weighted by Gasteiger charge is -2.16. The van der Waals surface area contributed by atoms with Crippen LogP contribution in [0.2, 0.25) is 0 Å². The standard InChI is InChI=1S/C19H19NOS/c1-4-20-14(2)22-19-13-16(9-12-18(19)20)6-5-15-7-10-17(21-3)11-8-15/h5-13H,2,4H2,1,3H3/b6-5+. The van der Waals surface area contributed by atoms with Gasteiger partial charge >= 0.3 is 0 Å². The minimum absolute atomic E-state index is 0.879. The smallest absolute Gasteiger partial charge is 0.118 e. The molecule has 0 N–H and O–H groups in total. The highest BCUT2D eigenvalue weighted by atomic mass is 32.2. The zero-order valence-corrected chi connectivity index (χ0v) is 13.7. The molecule has 1 aliphatic rings. The summed E-state index contributed by atoms with van der Waals surface area (Å²) in [5.74, 6) is 0.879. The summed E-state index contributed by atoms with van der Waals surface area (Å²) in [6.07, 6.45) is 4.26. The fourth-order valence-electron chi connectivity index (χ4n) is 2.51. The van der Waals surface area contributed by atoms with Gasteiger partial charge in [-0.25, -0.2) is 0 Å². The number of nitrogens with zero attached hydrogens (tertiary/aromatic N) is 1. The van der Waals surface area contributed by atoms with E-state index in [1.54, 1.807) is 18.9 Å². The molecular formula is C19H19NOS. The van der Waals surface area contributed by atoms with Crippen molar-refractivity contribution in [2.75, 3.05) is 18.6 Å². The summed E-state index contributed by atoms with van der Waals surface area (Å²) in [4.78, 5) is 3.53. The normalized spacial score (nSPS) is 13.7. The second-order valence-electron chi connectivity index (χ2n) is 5.07. The summed E-state index contributed by atoms with van der Waals surface area (Å²) in [5.41, 5.74) is 3.63. The second kappa shape index (κ2) is 6.32. The Morgan fingerprint density at radius 1 is 1.09 bits per heavy atom. The first-order valence-corrected chi connectivity index (χ1v) is 8.13. The highest BCUT2D eigenvalue weighted by Crippen LogP contribution is 2.45. The van der Waals surface area contributed by atoms with Crippen LogP contribution in [0, 0.1) is 0 Å². The van der Waals surface area contributed by atoms with Gasteiger partial charge in [0.1, 0.15) is 5.75 Å². The third-order valence-electron chi connectivity index (χ3n) is 3.70. The molecule has 1 heterocycles. The average molecular weight is 309 g/mol. The molecule has 1 aliphatic heterocycles. The van der Waals surface area contributed by atoms with E-state index in [0.717, 1.165) is 22.9 Å². The molecule has 0 amide bonds. The molecule has 2 nitrogen and oxygen atoms in total. The number of methoxy groups -OCH3 is 1. The molecule has 0 radical (unpaired) electrons. The average Bonchev–Trinajstić information content (AvgIpc) is 2.87. The van der Waals surface area contributed by atoms with Crippen LogP contribution in [0.25, 0.3) is 12.2 Å². The SMILES string of the molecule is C=C1Sc2cc(/C=C/c3ccc(OC)cc3)ccc2N1CC. The summed E-state index contributed by atoms with van der Waals surface area (Å²) < 4.78 is 5.17. The fourth-order valence-corrected chi connectivity index (χ4v) is 3.58. The molecule has 0 bridgehead atoms. The van der Waals surface area contributed by atoms with Crippen molar-refractivity contribution < 1.29 is 4.74 Å². The van der Waals surface area contributed by atoms with Gasteiger partial charge in [0.2, 0.25) is 0 Å². The first-order chi connectivity index (χ1) is 10.7. The van der Waals surface area contributed by atoms with Gasteiger partial charge in [0.25, 0.3) is 0 Å². The summed E-state index contributed by atoms with van der Waals surface area (Å²) in [6.45, 7) is 7.23. The lowest BCUT2D eigenvalue weighted by Crippen LogP contribution is -2.15. The van der Waals surface area contributed by atoms with Crippen molar-refractivity contribution >= 4 is 29.6 Å². The van der Waals surface area contributed by atoms with E-state index in [0.29, 0.717) is 0 Å². The highest BCUT2D eigenvalue weighted by Gasteiger charge is 2.21. The van der Waals surface area contributed by atoms with Gasteiger partial charge in [-0.1, -0.05) is 48.7 Å². The van der Waals surface area contributed by atoms with Crippen LogP contribution in [-0.2, 0) is 0 Å². The molecule has 0 fully saturated rings. The Kier molecular flexibility index (Phi) is 4.25. The Labute approximate surface area is 136 Å². The molecule has 0 aliphatic carbocycles. The van der Waals surface area contributed by atoms with Crippen molar-refractivity contribution in [2.45, 2.75) is 11.8 Å². The van der Waals surface area contributed by atoms with Crippen LogP contribution in [0.15, 0.2) is 59.0 Å². The van der Waals surface area contributed by atoms with Crippen LogP contribution in [-0.4, -0.2) is 13.7 Å². The maximum absolute atomic E-state index is 5.17. The molecule has 112 valence electrons. The van der Waals surface area contributed by atoms with Gasteiger partial charge in [-0.2, -0.15) is 0 Å². The summed E-state index contributed by atoms with van der Waals surface area (Å²) in [6, 6.07) is 14.6. The maximum atomic E-state index is 5.17. The van der Waals surface area contributed by atoms with Crippen LogP contribution < -0.4 is 9.64 Å². The summed E-state index contributed by atoms with van der Waals surface area (Å²) in [5, 5.41) is 1.11. The Hall–Kier alpha value is -2.13. The molecule has 0 saturated carbocycles. The van der Waals surface area contributed by atoms with Crippen LogP contribution in [0.3, 0.4) is 0 Å². The number of ether oxygens (including phenoxy) is 1. The summed E-state index contributed by atoms with van der Waals surface area (Å²) in [7, 11) is 1.68. The van der Waals surface area contributed by atoms with Gasteiger partial charge in [-0.05, 0) is 42.3 Å². The van der Waals surface area contributed by atoms with Crippen LogP contribution >= 0.6 is 11.8 Å². The van der Waals surface area contributed by atoms with Gasteiger partial charge < -0.3 is 9.64 Å². The van der Waals surface area contributed by atoms with E-state index in [4.69, 9.17) is 4.74 Å². The largest absolute Gasteiger partial charge is 0.497 e. The molecular weight excluding hydrogens is 290 g/mol. The monoisotopic (exact) mass is 309 g/mol. The van der Waals surface area contributed by atoms with Crippen molar-refractivity contribution in [1.82, 2.24) is 0 Å². The van der Waals surface area contributed by atoms with Gasteiger partial charge in [0.05, 0.1) is 17.8 Å². The van der Waals surface area contributed by atoms with E-state index < -0.39 is 0 Å². The Balaban J connectivity index is 1.80. The Bertz CT molecular complexity index is 719. The number of fused-ring (bicyclic) bond motifs is 1. The molecule has 0 saturated heterocycles. The van der Waals surface area contributed by atoms with E-state index in [-0.39, 0.29) is 0 Å². The fraction of sp³-hybridized carbons (Fsp3) is 0.158. The lowest BCUT2D eigenvalue weighted by atomic mass is 10.1. The number of benzene rings is 2. The molecule has 0 unspecified atom stereocenters.